The average Bonchev–Trinajstić information content (AvgIpc) is 2.85. The second kappa shape index (κ2) is 12.4. The van der Waals surface area contributed by atoms with Gasteiger partial charge in [0, 0.05) is 29.2 Å². The molecular formula is C28H33N3O3. The number of rotatable bonds is 11. The van der Waals surface area contributed by atoms with Crippen molar-refractivity contribution in [2.45, 2.75) is 27.2 Å². The molecule has 2 N–H and O–H groups in total. The van der Waals surface area contributed by atoms with Gasteiger partial charge >= 0.3 is 0 Å². The molecule has 6 heteroatoms. The molecule has 0 fully saturated rings. The van der Waals surface area contributed by atoms with Gasteiger partial charge in [0.2, 0.25) is 5.91 Å². The predicted molar refractivity (Wildman–Crippen MR) is 139 cm³/mol. The molecule has 0 atom stereocenters. The number of ether oxygens (including phenoxy) is 1. The number of carbonyl (C=O) groups is 2. The Balaban J connectivity index is 1.48. The molecule has 3 aromatic rings. The van der Waals surface area contributed by atoms with Crippen molar-refractivity contribution in [1.82, 2.24) is 0 Å². The summed E-state index contributed by atoms with van der Waals surface area (Å²) in [6.45, 7) is 7.65. The highest BCUT2D eigenvalue weighted by atomic mass is 16.5. The van der Waals surface area contributed by atoms with Crippen molar-refractivity contribution in [1.29, 1.82) is 0 Å². The minimum absolute atomic E-state index is 0.0605. The van der Waals surface area contributed by atoms with Crippen LogP contribution >= 0.6 is 0 Å². The van der Waals surface area contributed by atoms with Crippen LogP contribution < -0.4 is 20.3 Å². The molecule has 6 nitrogen and oxygen atoms in total. The maximum absolute atomic E-state index is 12.9. The van der Waals surface area contributed by atoms with Crippen LogP contribution in [0.15, 0.2) is 78.9 Å². The Kier molecular flexibility index (Phi) is 9.09. The summed E-state index contributed by atoms with van der Waals surface area (Å²) in [5, 5.41) is 5.96. The zero-order valence-electron chi connectivity index (χ0n) is 20.1. The van der Waals surface area contributed by atoms with Crippen LogP contribution in [0.5, 0.6) is 5.75 Å². The number of para-hydroxylation sites is 1. The molecule has 0 aliphatic carbocycles. The van der Waals surface area contributed by atoms with Crippen molar-refractivity contribution in [3.63, 3.8) is 0 Å². The van der Waals surface area contributed by atoms with Gasteiger partial charge in [-0.1, -0.05) is 32.0 Å². The first kappa shape index (κ1) is 24.8. The molecule has 3 rings (SSSR count). The minimum atomic E-state index is -0.158. The zero-order valence-corrected chi connectivity index (χ0v) is 20.1. The van der Waals surface area contributed by atoms with Crippen LogP contribution in [-0.4, -0.2) is 31.5 Å². The summed E-state index contributed by atoms with van der Waals surface area (Å²) in [5.41, 5.74) is 2.94. The number of amides is 2. The van der Waals surface area contributed by atoms with Gasteiger partial charge < -0.3 is 20.3 Å². The van der Waals surface area contributed by atoms with Crippen molar-refractivity contribution in [2.75, 3.05) is 35.2 Å². The Morgan fingerprint density at radius 2 is 1.53 bits per heavy atom. The van der Waals surface area contributed by atoms with Gasteiger partial charge in [0.25, 0.3) is 5.91 Å². The van der Waals surface area contributed by atoms with Gasteiger partial charge in [-0.2, -0.15) is 0 Å². The topological polar surface area (TPSA) is 70.7 Å². The third-order valence-corrected chi connectivity index (χ3v) is 5.32. The first-order chi connectivity index (χ1) is 16.5. The molecule has 0 aromatic heterocycles. The molecule has 3 aromatic carbocycles. The van der Waals surface area contributed by atoms with E-state index in [0.29, 0.717) is 30.3 Å². The number of hydrogen-bond donors (Lipinski definition) is 2. The van der Waals surface area contributed by atoms with Gasteiger partial charge in [0.15, 0.2) is 0 Å². The molecule has 0 unspecified atom stereocenters. The van der Waals surface area contributed by atoms with Crippen molar-refractivity contribution in [3.05, 3.63) is 84.4 Å². The van der Waals surface area contributed by atoms with Gasteiger partial charge in [-0.05, 0) is 79.9 Å². The summed E-state index contributed by atoms with van der Waals surface area (Å²) >= 11 is 0. The third-order valence-electron chi connectivity index (χ3n) is 5.32. The van der Waals surface area contributed by atoms with E-state index in [2.05, 4.69) is 24.5 Å². The number of carbonyl (C=O) groups excluding carboxylic acids is 2. The predicted octanol–water partition coefficient (Wildman–Crippen LogP) is 5.83. The number of anilines is 3. The Labute approximate surface area is 201 Å². The summed E-state index contributed by atoms with van der Waals surface area (Å²) in [6, 6.07) is 24.1. The van der Waals surface area contributed by atoms with Crippen LogP contribution in [-0.2, 0) is 4.79 Å². The molecule has 34 heavy (non-hydrogen) atoms. The lowest BCUT2D eigenvalue weighted by molar-refractivity contribution is -0.114. The highest BCUT2D eigenvalue weighted by molar-refractivity contribution is 6.06. The number of benzene rings is 3. The Morgan fingerprint density at radius 1 is 0.882 bits per heavy atom. The Morgan fingerprint density at radius 3 is 2.15 bits per heavy atom. The van der Waals surface area contributed by atoms with E-state index in [-0.39, 0.29) is 18.4 Å². The van der Waals surface area contributed by atoms with Crippen LogP contribution in [0.4, 0.5) is 17.1 Å². The minimum Gasteiger partial charge on any atom is -0.494 e. The van der Waals surface area contributed by atoms with Gasteiger partial charge in [0.1, 0.15) is 5.75 Å². The molecule has 0 spiro atoms. The average molecular weight is 460 g/mol. The van der Waals surface area contributed by atoms with Gasteiger partial charge in [-0.3, -0.25) is 9.59 Å². The molecule has 0 heterocycles. The number of nitrogens with one attached hydrogen (secondary N) is 2. The molecule has 0 aliphatic rings. The van der Waals surface area contributed by atoms with E-state index in [0.717, 1.165) is 23.5 Å². The summed E-state index contributed by atoms with van der Waals surface area (Å²) in [4.78, 5) is 26.9. The molecular weight excluding hydrogens is 426 g/mol. The third kappa shape index (κ3) is 7.37. The quantitative estimate of drug-likeness (QED) is 0.379. The van der Waals surface area contributed by atoms with Gasteiger partial charge in [0.05, 0.1) is 13.2 Å². The molecule has 178 valence electrons. The summed E-state index contributed by atoms with van der Waals surface area (Å²) in [5.74, 6) is 1.17. The summed E-state index contributed by atoms with van der Waals surface area (Å²) in [7, 11) is 0. The van der Waals surface area contributed by atoms with E-state index >= 15 is 0 Å². The highest BCUT2D eigenvalue weighted by Crippen LogP contribution is 2.19. The lowest BCUT2D eigenvalue weighted by atomic mass is 10.1. The lowest BCUT2D eigenvalue weighted by Gasteiger charge is -2.21. The van der Waals surface area contributed by atoms with E-state index in [1.165, 1.54) is 0 Å². The zero-order chi connectivity index (χ0) is 24.3. The Hall–Kier alpha value is -3.80. The second-order valence-corrected chi connectivity index (χ2v) is 8.42. The van der Waals surface area contributed by atoms with Crippen LogP contribution in [0.2, 0.25) is 0 Å². The van der Waals surface area contributed by atoms with Crippen molar-refractivity contribution in [3.8, 4) is 5.75 Å². The van der Waals surface area contributed by atoms with E-state index in [1.807, 2.05) is 73.7 Å². The van der Waals surface area contributed by atoms with E-state index in [9.17, 15) is 9.59 Å². The fraction of sp³-hybridized carbons (Fsp3) is 0.286. The monoisotopic (exact) mass is 459 g/mol. The van der Waals surface area contributed by atoms with E-state index in [1.54, 1.807) is 17.0 Å². The first-order valence-electron chi connectivity index (χ1n) is 11.7. The summed E-state index contributed by atoms with van der Waals surface area (Å²) < 4.78 is 5.70. The van der Waals surface area contributed by atoms with Crippen molar-refractivity contribution < 1.29 is 14.3 Å². The number of hydrogen-bond acceptors (Lipinski definition) is 4. The van der Waals surface area contributed by atoms with Crippen LogP contribution in [0, 0.1) is 5.92 Å². The fourth-order valence-electron chi connectivity index (χ4n) is 3.37. The molecule has 0 saturated carbocycles. The van der Waals surface area contributed by atoms with Gasteiger partial charge in [-0.15, -0.1) is 0 Å². The van der Waals surface area contributed by atoms with Crippen LogP contribution in [0.3, 0.4) is 0 Å². The molecule has 0 aliphatic heterocycles. The van der Waals surface area contributed by atoms with Crippen LogP contribution in [0.25, 0.3) is 0 Å². The first-order valence-corrected chi connectivity index (χ1v) is 11.7. The number of nitrogens with zero attached hydrogens (tertiary/aromatic N) is 1. The molecule has 0 bridgehead atoms. The van der Waals surface area contributed by atoms with Crippen LogP contribution in [0.1, 0.15) is 37.6 Å². The highest BCUT2D eigenvalue weighted by Gasteiger charge is 2.15. The molecule has 0 radical (unpaired) electrons. The summed E-state index contributed by atoms with van der Waals surface area (Å²) in [6.07, 6.45) is 1.00. The lowest BCUT2D eigenvalue weighted by Crippen LogP contribution is -2.30. The largest absolute Gasteiger partial charge is 0.494 e. The maximum atomic E-state index is 12.9. The second-order valence-electron chi connectivity index (χ2n) is 8.42. The normalized spacial score (nSPS) is 10.6. The van der Waals surface area contributed by atoms with Crippen molar-refractivity contribution in [2.24, 2.45) is 5.92 Å². The molecule has 2 amide bonds. The maximum Gasteiger partial charge on any atom is 0.258 e. The fourth-order valence-corrected chi connectivity index (χ4v) is 3.37. The van der Waals surface area contributed by atoms with E-state index in [4.69, 9.17) is 4.74 Å². The smallest absolute Gasteiger partial charge is 0.258 e. The molecule has 0 saturated heterocycles. The SMILES string of the molecule is CCN(C(=O)c1ccc(NCC(=O)Nc2ccc(OCCC(C)C)cc2)cc1)c1ccccc1. The van der Waals surface area contributed by atoms with Gasteiger partial charge in [-0.25, -0.2) is 0 Å². The van der Waals surface area contributed by atoms with E-state index < -0.39 is 0 Å². The van der Waals surface area contributed by atoms with Crippen molar-refractivity contribution >= 4 is 28.9 Å². The standard InChI is InChI=1S/C28H33N3O3/c1-4-31(25-8-6-5-7-9-25)28(33)22-10-12-23(13-11-22)29-20-27(32)30-24-14-16-26(17-15-24)34-19-18-21(2)3/h5-17,21,29H,4,18-20H2,1-3H3,(H,30,32). The Bertz CT molecular complexity index is 1050.